The normalized spacial score (nSPS) is 10.8. The Labute approximate surface area is 146 Å². The summed E-state index contributed by atoms with van der Waals surface area (Å²) in [5, 5.41) is 0.656. The monoisotopic (exact) mass is 392 g/mol. The first-order chi connectivity index (χ1) is 11.6. The van der Waals surface area contributed by atoms with Crippen molar-refractivity contribution in [1.82, 2.24) is 0 Å². The van der Waals surface area contributed by atoms with E-state index in [1.54, 1.807) is 12.1 Å². The van der Waals surface area contributed by atoms with Crippen molar-refractivity contribution in [3.63, 3.8) is 0 Å². The number of esters is 1. The molecule has 24 heavy (non-hydrogen) atoms. The highest BCUT2D eigenvalue weighted by molar-refractivity contribution is 9.10. The van der Waals surface area contributed by atoms with Gasteiger partial charge < -0.3 is 13.9 Å². The van der Waals surface area contributed by atoms with Crippen molar-refractivity contribution < 1.29 is 23.1 Å². The minimum atomic E-state index is -0.632. The Balaban J connectivity index is 1.80. The molecule has 0 saturated carbocycles. The molecule has 0 bridgehead atoms. The van der Waals surface area contributed by atoms with E-state index >= 15 is 0 Å². The predicted octanol–water partition coefficient (Wildman–Crippen LogP) is 4.63. The van der Waals surface area contributed by atoms with Crippen LogP contribution < -0.4 is 4.74 Å². The molecule has 0 N–H and O–H groups in total. The zero-order chi connectivity index (χ0) is 17.1. The van der Waals surface area contributed by atoms with Gasteiger partial charge in [-0.25, -0.2) is 0 Å². The molecular formula is C18H14BrFO4. The van der Waals surface area contributed by atoms with Crippen molar-refractivity contribution in [3.05, 3.63) is 64.1 Å². The van der Waals surface area contributed by atoms with Gasteiger partial charge in [0.1, 0.15) is 12.4 Å². The summed E-state index contributed by atoms with van der Waals surface area (Å²) in [5.74, 6) is 0.279. The topological polar surface area (TPSA) is 48.7 Å². The maximum atomic E-state index is 13.2. The first-order valence-corrected chi connectivity index (χ1v) is 8.01. The number of rotatable bonds is 5. The number of para-hydroxylation sites is 1. The molecule has 0 atom stereocenters. The zero-order valence-corrected chi connectivity index (χ0v) is 14.4. The highest BCUT2D eigenvalue weighted by atomic mass is 79.9. The molecule has 0 saturated heterocycles. The highest BCUT2D eigenvalue weighted by Crippen LogP contribution is 2.29. The lowest BCUT2D eigenvalue weighted by Gasteiger charge is -2.11. The summed E-state index contributed by atoms with van der Waals surface area (Å²) in [4.78, 5) is 11.5. The lowest BCUT2D eigenvalue weighted by atomic mass is 10.1. The Hall–Kier alpha value is -2.34. The minimum absolute atomic E-state index is 0.141. The van der Waals surface area contributed by atoms with E-state index in [0.29, 0.717) is 21.2 Å². The van der Waals surface area contributed by atoms with E-state index in [-0.39, 0.29) is 19.0 Å². The van der Waals surface area contributed by atoms with E-state index in [1.807, 2.05) is 24.3 Å². The standard InChI is InChI=1S/C18H14BrFO4/c1-22-17(21)9-12-4-2-3-5-15(12)23-10-11-6-13-8-16(20)24-18(13)14(19)7-11/h2-8H,9-10H2,1H3. The lowest BCUT2D eigenvalue weighted by Crippen LogP contribution is -2.06. The van der Waals surface area contributed by atoms with Gasteiger partial charge in [0.2, 0.25) is 0 Å². The highest BCUT2D eigenvalue weighted by Gasteiger charge is 2.11. The molecule has 2 aromatic carbocycles. The number of methoxy groups -OCH3 is 1. The first kappa shape index (κ1) is 16.5. The van der Waals surface area contributed by atoms with Gasteiger partial charge in [-0.05, 0) is 39.7 Å². The fraction of sp³-hybridized carbons (Fsp3) is 0.167. The molecule has 0 unspecified atom stereocenters. The van der Waals surface area contributed by atoms with Crippen LogP contribution in [0.15, 0.2) is 51.4 Å². The van der Waals surface area contributed by atoms with Gasteiger partial charge in [0.15, 0.2) is 5.58 Å². The third-order valence-electron chi connectivity index (χ3n) is 3.53. The van der Waals surface area contributed by atoms with Crippen LogP contribution in [0.25, 0.3) is 11.0 Å². The summed E-state index contributed by atoms with van der Waals surface area (Å²) in [5.41, 5.74) is 2.06. The van der Waals surface area contributed by atoms with Crippen molar-refractivity contribution in [2.75, 3.05) is 7.11 Å². The second kappa shape index (κ2) is 7.05. The minimum Gasteiger partial charge on any atom is -0.489 e. The number of ether oxygens (including phenoxy) is 2. The van der Waals surface area contributed by atoms with Crippen LogP contribution in [0.3, 0.4) is 0 Å². The van der Waals surface area contributed by atoms with Gasteiger partial charge >= 0.3 is 5.97 Å². The van der Waals surface area contributed by atoms with Gasteiger partial charge in [-0.1, -0.05) is 18.2 Å². The third kappa shape index (κ3) is 3.59. The third-order valence-corrected chi connectivity index (χ3v) is 4.12. The van der Waals surface area contributed by atoms with Crippen LogP contribution in [0.5, 0.6) is 5.75 Å². The van der Waals surface area contributed by atoms with Crippen LogP contribution in [0.2, 0.25) is 0 Å². The summed E-state index contributed by atoms with van der Waals surface area (Å²) < 4.78 is 29.4. The Bertz CT molecular complexity index is 888. The average molecular weight is 393 g/mol. The van der Waals surface area contributed by atoms with Crippen molar-refractivity contribution in [1.29, 1.82) is 0 Å². The van der Waals surface area contributed by atoms with Gasteiger partial charge in [0, 0.05) is 17.0 Å². The SMILES string of the molecule is COC(=O)Cc1ccccc1OCc1cc(Br)c2oc(F)cc2c1. The van der Waals surface area contributed by atoms with Gasteiger partial charge in [0.25, 0.3) is 6.01 Å². The molecule has 0 amide bonds. The Morgan fingerprint density at radius 2 is 2.04 bits per heavy atom. The molecule has 124 valence electrons. The van der Waals surface area contributed by atoms with Crippen LogP contribution >= 0.6 is 15.9 Å². The van der Waals surface area contributed by atoms with Crippen LogP contribution in [0.4, 0.5) is 4.39 Å². The number of fused-ring (bicyclic) bond motifs is 1. The van der Waals surface area contributed by atoms with Crippen LogP contribution in [-0.4, -0.2) is 13.1 Å². The van der Waals surface area contributed by atoms with Crippen molar-refractivity contribution >= 4 is 32.9 Å². The van der Waals surface area contributed by atoms with E-state index in [1.165, 1.54) is 13.2 Å². The summed E-state index contributed by atoms with van der Waals surface area (Å²) in [6.45, 7) is 0.277. The summed E-state index contributed by atoms with van der Waals surface area (Å²) >= 11 is 3.37. The van der Waals surface area contributed by atoms with Gasteiger partial charge in [-0.3, -0.25) is 4.79 Å². The molecule has 0 radical (unpaired) electrons. The molecule has 0 fully saturated rings. The average Bonchev–Trinajstić information content (AvgIpc) is 2.95. The largest absolute Gasteiger partial charge is 0.489 e. The fourth-order valence-corrected chi connectivity index (χ4v) is 3.00. The van der Waals surface area contributed by atoms with Crippen molar-refractivity contribution in [2.24, 2.45) is 0 Å². The molecular weight excluding hydrogens is 379 g/mol. The molecule has 1 heterocycles. The van der Waals surface area contributed by atoms with E-state index in [2.05, 4.69) is 15.9 Å². The number of benzene rings is 2. The molecule has 3 aromatic rings. The van der Waals surface area contributed by atoms with Crippen molar-refractivity contribution in [2.45, 2.75) is 13.0 Å². The lowest BCUT2D eigenvalue weighted by molar-refractivity contribution is -0.139. The van der Waals surface area contributed by atoms with Gasteiger partial charge in [-0.2, -0.15) is 4.39 Å². The number of carbonyl (C=O) groups is 1. The zero-order valence-electron chi connectivity index (χ0n) is 12.8. The number of furan rings is 1. The Morgan fingerprint density at radius 1 is 1.25 bits per heavy atom. The van der Waals surface area contributed by atoms with Gasteiger partial charge in [-0.15, -0.1) is 0 Å². The quantitative estimate of drug-likeness (QED) is 0.594. The Kier molecular flexibility index (Phi) is 4.85. The molecule has 1 aromatic heterocycles. The number of hydrogen-bond donors (Lipinski definition) is 0. The second-order valence-corrected chi connectivity index (χ2v) is 6.05. The second-order valence-electron chi connectivity index (χ2n) is 5.20. The molecule has 6 heteroatoms. The smallest absolute Gasteiger partial charge is 0.310 e. The summed E-state index contributed by atoms with van der Waals surface area (Å²) in [6.07, 6.45) is 0.141. The maximum absolute atomic E-state index is 13.2. The summed E-state index contributed by atoms with van der Waals surface area (Å²) in [6, 6.07) is 11.6. The van der Waals surface area contributed by atoms with Crippen LogP contribution in [0, 0.1) is 6.01 Å². The van der Waals surface area contributed by atoms with E-state index in [4.69, 9.17) is 13.9 Å². The number of carbonyl (C=O) groups excluding carboxylic acids is 1. The number of halogens is 2. The van der Waals surface area contributed by atoms with E-state index in [0.717, 1.165) is 11.1 Å². The molecule has 0 aliphatic rings. The van der Waals surface area contributed by atoms with Crippen LogP contribution in [-0.2, 0) is 22.6 Å². The fourth-order valence-electron chi connectivity index (χ4n) is 2.40. The van der Waals surface area contributed by atoms with Crippen molar-refractivity contribution in [3.8, 4) is 5.75 Å². The molecule has 0 spiro atoms. The Morgan fingerprint density at radius 3 is 2.83 bits per heavy atom. The maximum Gasteiger partial charge on any atom is 0.310 e. The number of hydrogen-bond acceptors (Lipinski definition) is 4. The summed E-state index contributed by atoms with van der Waals surface area (Å²) in [7, 11) is 1.35. The molecule has 0 aliphatic heterocycles. The van der Waals surface area contributed by atoms with E-state index < -0.39 is 6.01 Å². The van der Waals surface area contributed by atoms with E-state index in [9.17, 15) is 9.18 Å². The van der Waals surface area contributed by atoms with Gasteiger partial charge in [0.05, 0.1) is 18.0 Å². The predicted molar refractivity (Wildman–Crippen MR) is 90.4 cm³/mol. The molecule has 4 nitrogen and oxygen atoms in total. The molecule has 3 rings (SSSR count). The first-order valence-electron chi connectivity index (χ1n) is 7.22. The molecule has 0 aliphatic carbocycles. The van der Waals surface area contributed by atoms with Crippen LogP contribution in [0.1, 0.15) is 11.1 Å².